The maximum Gasteiger partial charge on any atom is 0.335 e. The monoisotopic (exact) mass is 330 g/mol. The van der Waals surface area contributed by atoms with E-state index in [1.165, 1.54) is 0 Å². The van der Waals surface area contributed by atoms with E-state index in [-0.39, 0.29) is 17.4 Å². The molecule has 2 aromatic rings. The lowest BCUT2D eigenvalue weighted by Gasteiger charge is -2.12. The summed E-state index contributed by atoms with van der Waals surface area (Å²) in [5.74, 6) is -0.0636. The Balaban J connectivity index is 1.80. The average molecular weight is 330 g/mol. The fourth-order valence-corrected chi connectivity index (χ4v) is 2.72. The van der Waals surface area contributed by atoms with Gasteiger partial charge in [0.1, 0.15) is 5.76 Å². The predicted molar refractivity (Wildman–Crippen MR) is 89.1 cm³/mol. The molecule has 0 radical (unpaired) electrons. The van der Waals surface area contributed by atoms with Crippen LogP contribution in [0, 0.1) is 13.8 Å². The van der Waals surface area contributed by atoms with Gasteiger partial charge in [-0.2, -0.15) is 0 Å². The van der Waals surface area contributed by atoms with E-state index < -0.39 is 5.97 Å². The minimum Gasteiger partial charge on any atom is -0.478 e. The summed E-state index contributed by atoms with van der Waals surface area (Å²) in [7, 11) is 0. The summed E-state index contributed by atoms with van der Waals surface area (Å²) in [5, 5.41) is 15.7. The number of aromatic carboxylic acids is 1. The molecular formula is C18H22N2O4. The normalized spacial score (nSPS) is 12.0. The molecule has 1 aromatic carbocycles. The Morgan fingerprint density at radius 1 is 1.25 bits per heavy atom. The highest BCUT2D eigenvalue weighted by atomic mass is 16.5. The first-order valence-electron chi connectivity index (χ1n) is 7.90. The van der Waals surface area contributed by atoms with E-state index in [2.05, 4.69) is 10.5 Å². The molecular weight excluding hydrogens is 308 g/mol. The Morgan fingerprint density at radius 2 is 1.92 bits per heavy atom. The molecule has 1 amide bonds. The Morgan fingerprint density at radius 3 is 2.46 bits per heavy atom. The second kappa shape index (κ2) is 7.77. The van der Waals surface area contributed by atoms with Crippen LogP contribution in [0.2, 0.25) is 0 Å². The third kappa shape index (κ3) is 4.44. The van der Waals surface area contributed by atoms with Gasteiger partial charge in [-0.3, -0.25) is 4.79 Å². The number of carbonyl (C=O) groups is 2. The zero-order valence-corrected chi connectivity index (χ0v) is 14.1. The standard InChI is InChI=1S/C18H22N2O4/c1-11(17-12(2)20-24-13(17)3)10-19-16(21)9-6-14-4-7-15(8-5-14)18(22)23/h4-5,7-8,11H,6,9-10H2,1-3H3,(H,19,21)(H,22,23). The van der Waals surface area contributed by atoms with Crippen molar-refractivity contribution in [1.29, 1.82) is 0 Å². The minimum absolute atomic E-state index is 0.0316. The number of carboxylic acid groups (broad SMARTS) is 1. The highest BCUT2D eigenvalue weighted by Gasteiger charge is 2.17. The molecule has 1 aromatic heterocycles. The van der Waals surface area contributed by atoms with Crippen LogP contribution in [0.15, 0.2) is 28.8 Å². The van der Waals surface area contributed by atoms with Gasteiger partial charge in [0.25, 0.3) is 0 Å². The lowest BCUT2D eigenvalue weighted by molar-refractivity contribution is -0.121. The molecule has 128 valence electrons. The second-order valence-corrected chi connectivity index (χ2v) is 5.95. The first kappa shape index (κ1) is 17.7. The maximum atomic E-state index is 12.0. The van der Waals surface area contributed by atoms with Gasteiger partial charge in [0, 0.05) is 24.4 Å². The van der Waals surface area contributed by atoms with Crippen LogP contribution >= 0.6 is 0 Å². The van der Waals surface area contributed by atoms with E-state index in [1.807, 2.05) is 20.8 Å². The molecule has 1 heterocycles. The van der Waals surface area contributed by atoms with Crippen molar-refractivity contribution in [1.82, 2.24) is 10.5 Å². The topological polar surface area (TPSA) is 92.4 Å². The van der Waals surface area contributed by atoms with Crippen LogP contribution in [-0.2, 0) is 11.2 Å². The summed E-state index contributed by atoms with van der Waals surface area (Å²) in [5.41, 5.74) is 3.08. The number of amides is 1. The number of carboxylic acids is 1. The largest absolute Gasteiger partial charge is 0.478 e. The molecule has 0 aliphatic carbocycles. The molecule has 24 heavy (non-hydrogen) atoms. The van der Waals surface area contributed by atoms with E-state index in [4.69, 9.17) is 9.63 Å². The number of nitrogens with one attached hydrogen (secondary N) is 1. The van der Waals surface area contributed by atoms with Gasteiger partial charge in [0.05, 0.1) is 11.3 Å². The Labute approximate surface area is 140 Å². The number of carbonyl (C=O) groups excluding carboxylic acids is 1. The number of rotatable bonds is 7. The molecule has 0 saturated carbocycles. The van der Waals surface area contributed by atoms with Crippen LogP contribution in [0.5, 0.6) is 0 Å². The van der Waals surface area contributed by atoms with Crippen LogP contribution in [0.4, 0.5) is 0 Å². The number of aryl methyl sites for hydroxylation is 3. The summed E-state index contributed by atoms with van der Waals surface area (Å²) in [6, 6.07) is 6.58. The fraction of sp³-hybridized carbons (Fsp3) is 0.389. The number of hydrogen-bond donors (Lipinski definition) is 2. The SMILES string of the molecule is Cc1noc(C)c1C(C)CNC(=O)CCc1ccc(C(=O)O)cc1. The molecule has 2 rings (SSSR count). The van der Waals surface area contributed by atoms with Crippen LogP contribution in [-0.4, -0.2) is 28.7 Å². The van der Waals surface area contributed by atoms with E-state index >= 15 is 0 Å². The van der Waals surface area contributed by atoms with E-state index in [0.29, 0.717) is 19.4 Å². The van der Waals surface area contributed by atoms with Crippen molar-refractivity contribution >= 4 is 11.9 Å². The van der Waals surface area contributed by atoms with E-state index in [0.717, 1.165) is 22.6 Å². The minimum atomic E-state index is -0.951. The highest BCUT2D eigenvalue weighted by molar-refractivity contribution is 5.87. The van der Waals surface area contributed by atoms with Gasteiger partial charge in [0.15, 0.2) is 0 Å². The highest BCUT2D eigenvalue weighted by Crippen LogP contribution is 2.22. The van der Waals surface area contributed by atoms with Crippen molar-refractivity contribution in [2.45, 2.75) is 39.5 Å². The van der Waals surface area contributed by atoms with Crippen molar-refractivity contribution in [3.8, 4) is 0 Å². The average Bonchev–Trinajstić information content (AvgIpc) is 2.89. The zero-order valence-electron chi connectivity index (χ0n) is 14.1. The van der Waals surface area contributed by atoms with Crippen LogP contribution < -0.4 is 5.32 Å². The van der Waals surface area contributed by atoms with Gasteiger partial charge in [-0.15, -0.1) is 0 Å². The lowest BCUT2D eigenvalue weighted by Crippen LogP contribution is -2.28. The van der Waals surface area contributed by atoms with Crippen LogP contribution in [0.3, 0.4) is 0 Å². The molecule has 0 spiro atoms. The summed E-state index contributed by atoms with van der Waals surface area (Å²) < 4.78 is 5.15. The fourth-order valence-electron chi connectivity index (χ4n) is 2.72. The third-order valence-corrected chi connectivity index (χ3v) is 4.03. The van der Waals surface area contributed by atoms with Crippen molar-refractivity contribution < 1.29 is 19.2 Å². The van der Waals surface area contributed by atoms with E-state index in [1.54, 1.807) is 24.3 Å². The number of aromatic nitrogens is 1. The molecule has 2 N–H and O–H groups in total. The zero-order chi connectivity index (χ0) is 17.7. The smallest absolute Gasteiger partial charge is 0.335 e. The van der Waals surface area contributed by atoms with Crippen molar-refractivity contribution in [2.75, 3.05) is 6.54 Å². The van der Waals surface area contributed by atoms with Gasteiger partial charge in [-0.1, -0.05) is 24.2 Å². The predicted octanol–water partition coefficient (Wildman–Crippen LogP) is 2.84. The van der Waals surface area contributed by atoms with Crippen molar-refractivity contribution in [2.24, 2.45) is 0 Å². The first-order chi connectivity index (χ1) is 11.4. The van der Waals surface area contributed by atoms with Crippen LogP contribution in [0.1, 0.15) is 52.2 Å². The molecule has 0 saturated heterocycles. The molecule has 6 heteroatoms. The number of benzene rings is 1. The van der Waals surface area contributed by atoms with Gasteiger partial charge in [-0.25, -0.2) is 4.79 Å². The maximum absolute atomic E-state index is 12.0. The molecule has 0 fully saturated rings. The lowest BCUT2D eigenvalue weighted by atomic mass is 9.99. The second-order valence-electron chi connectivity index (χ2n) is 5.95. The Kier molecular flexibility index (Phi) is 5.73. The Bertz CT molecular complexity index is 700. The van der Waals surface area contributed by atoms with Gasteiger partial charge < -0.3 is 14.9 Å². The summed E-state index contributed by atoms with van der Waals surface area (Å²) >= 11 is 0. The summed E-state index contributed by atoms with van der Waals surface area (Å²) in [6.45, 7) is 6.32. The van der Waals surface area contributed by atoms with Crippen molar-refractivity contribution in [3.05, 3.63) is 52.4 Å². The van der Waals surface area contributed by atoms with Crippen molar-refractivity contribution in [3.63, 3.8) is 0 Å². The van der Waals surface area contributed by atoms with Gasteiger partial charge in [0.2, 0.25) is 5.91 Å². The van der Waals surface area contributed by atoms with Gasteiger partial charge >= 0.3 is 5.97 Å². The number of hydrogen-bond acceptors (Lipinski definition) is 4. The van der Waals surface area contributed by atoms with Crippen LogP contribution in [0.25, 0.3) is 0 Å². The molecule has 0 bridgehead atoms. The Hall–Kier alpha value is -2.63. The molecule has 1 unspecified atom stereocenters. The molecule has 6 nitrogen and oxygen atoms in total. The summed E-state index contributed by atoms with van der Waals surface area (Å²) in [6.07, 6.45) is 0.937. The number of nitrogens with zero attached hydrogens (tertiary/aromatic N) is 1. The first-order valence-corrected chi connectivity index (χ1v) is 7.90. The quantitative estimate of drug-likeness (QED) is 0.814. The summed E-state index contributed by atoms with van der Waals surface area (Å²) in [4.78, 5) is 22.8. The van der Waals surface area contributed by atoms with E-state index in [9.17, 15) is 9.59 Å². The molecule has 1 atom stereocenters. The van der Waals surface area contributed by atoms with Gasteiger partial charge in [-0.05, 0) is 38.0 Å². The molecule has 0 aliphatic heterocycles. The third-order valence-electron chi connectivity index (χ3n) is 4.03. The molecule has 0 aliphatic rings.